The van der Waals surface area contributed by atoms with E-state index in [0.717, 1.165) is 25.8 Å². The summed E-state index contributed by atoms with van der Waals surface area (Å²) in [6.45, 7) is 0.901. The molecule has 1 unspecified atom stereocenters. The fourth-order valence-electron chi connectivity index (χ4n) is 1.89. The summed E-state index contributed by atoms with van der Waals surface area (Å²) in [5.74, 6) is 0.139. The van der Waals surface area contributed by atoms with E-state index in [0.29, 0.717) is 5.69 Å². The number of phenols is 1. The molecule has 0 bridgehead atoms. The number of hydrogen-bond acceptors (Lipinski definition) is 3. The molecule has 1 saturated heterocycles. The summed E-state index contributed by atoms with van der Waals surface area (Å²) < 4.78 is 0. The van der Waals surface area contributed by atoms with Crippen LogP contribution in [0, 0.1) is 0 Å². The number of nitrogens with one attached hydrogen (secondary N) is 2. The van der Waals surface area contributed by atoms with Crippen LogP contribution in [-0.2, 0) is 4.79 Å². The van der Waals surface area contributed by atoms with Crippen LogP contribution in [0.5, 0.6) is 5.75 Å². The molecule has 1 aliphatic rings. The van der Waals surface area contributed by atoms with Gasteiger partial charge >= 0.3 is 0 Å². The molecule has 1 amide bonds. The van der Waals surface area contributed by atoms with Crippen LogP contribution in [0.3, 0.4) is 0 Å². The third-order valence-electron chi connectivity index (χ3n) is 2.74. The van der Waals surface area contributed by atoms with Gasteiger partial charge in [0.05, 0.1) is 6.04 Å². The Balaban J connectivity index is 0.00000144. The Bertz CT molecular complexity index is 379. The Kier molecular flexibility index (Phi) is 5.25. The van der Waals surface area contributed by atoms with Crippen molar-refractivity contribution in [3.05, 3.63) is 24.3 Å². The lowest BCUT2D eigenvalue weighted by atomic mass is 10.0. The van der Waals surface area contributed by atoms with Gasteiger partial charge in [-0.05, 0) is 31.5 Å². The van der Waals surface area contributed by atoms with Crippen molar-refractivity contribution in [3.8, 4) is 5.75 Å². The number of anilines is 1. The second kappa shape index (κ2) is 6.47. The number of hydrogen-bond donors (Lipinski definition) is 3. The average molecular weight is 257 g/mol. The van der Waals surface area contributed by atoms with Gasteiger partial charge in [0.2, 0.25) is 5.91 Å². The van der Waals surface area contributed by atoms with E-state index in [1.165, 1.54) is 0 Å². The predicted molar refractivity (Wildman–Crippen MR) is 69.6 cm³/mol. The third-order valence-corrected chi connectivity index (χ3v) is 2.74. The van der Waals surface area contributed by atoms with E-state index in [-0.39, 0.29) is 30.1 Å². The van der Waals surface area contributed by atoms with Gasteiger partial charge in [0.15, 0.2) is 0 Å². The number of aromatic hydroxyl groups is 1. The van der Waals surface area contributed by atoms with Crippen molar-refractivity contribution in [1.82, 2.24) is 5.32 Å². The molecule has 0 aliphatic carbocycles. The Morgan fingerprint density at radius 1 is 1.41 bits per heavy atom. The zero-order chi connectivity index (χ0) is 11.4. The first-order valence-corrected chi connectivity index (χ1v) is 5.59. The second-order valence-electron chi connectivity index (χ2n) is 4.04. The first-order chi connectivity index (χ1) is 7.75. The highest BCUT2D eigenvalue weighted by Crippen LogP contribution is 2.16. The van der Waals surface area contributed by atoms with Crippen LogP contribution in [0.2, 0.25) is 0 Å². The number of carbonyl (C=O) groups excluding carboxylic acids is 1. The summed E-state index contributed by atoms with van der Waals surface area (Å²) in [6.07, 6.45) is 3.10. The largest absolute Gasteiger partial charge is 0.508 e. The van der Waals surface area contributed by atoms with E-state index in [9.17, 15) is 9.90 Å². The van der Waals surface area contributed by atoms with Crippen LogP contribution >= 0.6 is 12.4 Å². The minimum Gasteiger partial charge on any atom is -0.508 e. The van der Waals surface area contributed by atoms with E-state index in [1.54, 1.807) is 24.3 Å². The zero-order valence-corrected chi connectivity index (χ0v) is 10.3. The van der Waals surface area contributed by atoms with Gasteiger partial charge in [-0.25, -0.2) is 0 Å². The van der Waals surface area contributed by atoms with Gasteiger partial charge in [-0.1, -0.05) is 12.5 Å². The van der Waals surface area contributed by atoms with Crippen LogP contribution in [0.15, 0.2) is 24.3 Å². The summed E-state index contributed by atoms with van der Waals surface area (Å²) in [5, 5.41) is 15.2. The Morgan fingerprint density at radius 2 is 2.24 bits per heavy atom. The Morgan fingerprint density at radius 3 is 2.88 bits per heavy atom. The quantitative estimate of drug-likeness (QED) is 0.757. The molecule has 0 saturated carbocycles. The van der Waals surface area contributed by atoms with E-state index in [1.807, 2.05) is 0 Å². The molecular formula is C12H17ClN2O2. The molecule has 1 aliphatic heterocycles. The number of rotatable bonds is 2. The lowest BCUT2D eigenvalue weighted by Gasteiger charge is -2.22. The SMILES string of the molecule is Cl.O=C(Nc1cccc(O)c1)C1CCCCN1. The maximum absolute atomic E-state index is 11.8. The van der Waals surface area contributed by atoms with Gasteiger partial charge in [0, 0.05) is 11.8 Å². The monoisotopic (exact) mass is 256 g/mol. The summed E-state index contributed by atoms with van der Waals surface area (Å²) in [7, 11) is 0. The molecule has 1 aromatic rings. The molecule has 17 heavy (non-hydrogen) atoms. The first kappa shape index (κ1) is 13.8. The number of phenolic OH excluding ortho intramolecular Hbond substituents is 1. The van der Waals surface area contributed by atoms with Gasteiger partial charge in [-0.2, -0.15) is 0 Å². The Hall–Kier alpha value is -1.26. The molecule has 1 heterocycles. The highest BCUT2D eigenvalue weighted by molar-refractivity contribution is 5.95. The second-order valence-corrected chi connectivity index (χ2v) is 4.04. The Labute approximate surface area is 107 Å². The highest BCUT2D eigenvalue weighted by Gasteiger charge is 2.20. The summed E-state index contributed by atoms with van der Waals surface area (Å²) in [6, 6.07) is 6.49. The fourth-order valence-corrected chi connectivity index (χ4v) is 1.89. The number of piperidine rings is 1. The van der Waals surface area contributed by atoms with Gasteiger partial charge in [0.1, 0.15) is 5.75 Å². The molecule has 0 aromatic heterocycles. The predicted octanol–water partition coefficient (Wildman–Crippen LogP) is 1.89. The van der Waals surface area contributed by atoms with Crippen molar-refractivity contribution in [2.45, 2.75) is 25.3 Å². The molecule has 1 fully saturated rings. The van der Waals surface area contributed by atoms with Crippen LogP contribution in [0.1, 0.15) is 19.3 Å². The fraction of sp³-hybridized carbons (Fsp3) is 0.417. The first-order valence-electron chi connectivity index (χ1n) is 5.59. The molecule has 4 nitrogen and oxygen atoms in total. The molecule has 2 rings (SSSR count). The zero-order valence-electron chi connectivity index (χ0n) is 9.48. The summed E-state index contributed by atoms with van der Waals surface area (Å²) >= 11 is 0. The maximum atomic E-state index is 11.8. The molecule has 1 atom stereocenters. The van der Waals surface area contributed by atoms with E-state index in [4.69, 9.17) is 0 Å². The normalized spacial score (nSPS) is 19.2. The van der Waals surface area contributed by atoms with Crippen molar-refractivity contribution in [2.24, 2.45) is 0 Å². The van der Waals surface area contributed by atoms with Crippen LogP contribution in [0.4, 0.5) is 5.69 Å². The highest BCUT2D eigenvalue weighted by atomic mass is 35.5. The lowest BCUT2D eigenvalue weighted by molar-refractivity contribution is -0.118. The van der Waals surface area contributed by atoms with Crippen LogP contribution in [0.25, 0.3) is 0 Å². The number of amides is 1. The standard InChI is InChI=1S/C12H16N2O2.ClH/c15-10-5-3-4-9(8-10)14-12(16)11-6-1-2-7-13-11;/h3-5,8,11,13,15H,1-2,6-7H2,(H,14,16);1H. The van der Waals surface area contributed by atoms with Crippen LogP contribution < -0.4 is 10.6 Å². The van der Waals surface area contributed by atoms with Crippen molar-refractivity contribution >= 4 is 24.0 Å². The molecule has 0 radical (unpaired) electrons. The maximum Gasteiger partial charge on any atom is 0.241 e. The molecule has 0 spiro atoms. The van der Waals surface area contributed by atoms with Crippen molar-refractivity contribution in [2.75, 3.05) is 11.9 Å². The topological polar surface area (TPSA) is 61.4 Å². The van der Waals surface area contributed by atoms with Gasteiger partial charge in [-0.3, -0.25) is 4.79 Å². The summed E-state index contributed by atoms with van der Waals surface area (Å²) in [4.78, 5) is 11.8. The van der Waals surface area contributed by atoms with Gasteiger partial charge in [-0.15, -0.1) is 12.4 Å². The van der Waals surface area contributed by atoms with Gasteiger partial charge in [0.25, 0.3) is 0 Å². The smallest absolute Gasteiger partial charge is 0.241 e. The van der Waals surface area contributed by atoms with Crippen molar-refractivity contribution < 1.29 is 9.90 Å². The number of benzene rings is 1. The lowest BCUT2D eigenvalue weighted by Crippen LogP contribution is -2.43. The molecule has 3 N–H and O–H groups in total. The van der Waals surface area contributed by atoms with Crippen LogP contribution in [-0.4, -0.2) is 23.6 Å². The molecular weight excluding hydrogens is 240 g/mol. The summed E-state index contributed by atoms with van der Waals surface area (Å²) in [5.41, 5.74) is 0.636. The minimum atomic E-state index is -0.101. The van der Waals surface area contributed by atoms with Gasteiger partial charge < -0.3 is 15.7 Å². The number of carbonyl (C=O) groups is 1. The number of halogens is 1. The van der Waals surface area contributed by atoms with Crippen molar-refractivity contribution in [3.63, 3.8) is 0 Å². The molecule has 5 heteroatoms. The molecule has 94 valence electrons. The van der Waals surface area contributed by atoms with E-state index >= 15 is 0 Å². The minimum absolute atomic E-state index is 0. The third kappa shape index (κ3) is 3.91. The van der Waals surface area contributed by atoms with Crippen molar-refractivity contribution in [1.29, 1.82) is 0 Å². The average Bonchev–Trinajstić information content (AvgIpc) is 2.30. The van der Waals surface area contributed by atoms with E-state index in [2.05, 4.69) is 10.6 Å². The molecule has 1 aromatic carbocycles. The van der Waals surface area contributed by atoms with E-state index < -0.39 is 0 Å².